The van der Waals surface area contributed by atoms with Gasteiger partial charge in [0.2, 0.25) is 5.82 Å². The smallest absolute Gasteiger partial charge is 0.373 e. The Balaban J connectivity index is 1.53. The van der Waals surface area contributed by atoms with Crippen LogP contribution >= 0.6 is 0 Å². The van der Waals surface area contributed by atoms with Gasteiger partial charge in [-0.25, -0.2) is 4.98 Å². The van der Waals surface area contributed by atoms with Crippen molar-refractivity contribution in [1.82, 2.24) is 9.97 Å². The number of hydrogen-bond donors (Lipinski definition) is 1. The summed E-state index contributed by atoms with van der Waals surface area (Å²) in [5.74, 6) is 0.598. The zero-order chi connectivity index (χ0) is 20.1. The van der Waals surface area contributed by atoms with E-state index in [0.29, 0.717) is 12.3 Å². The maximum atomic E-state index is 11.7. The van der Waals surface area contributed by atoms with Crippen LogP contribution in [0, 0.1) is 10.1 Å². The number of nitrogens with one attached hydrogen (secondary N) is 1. The average Bonchev–Trinajstić information content (AvgIpc) is 2.74. The Kier molecular flexibility index (Phi) is 5.65. The summed E-state index contributed by atoms with van der Waals surface area (Å²) in [6.07, 6.45) is 9.07. The second kappa shape index (κ2) is 8.68. The number of allylic oxidation sites excluding steroid dienone is 1. The summed E-state index contributed by atoms with van der Waals surface area (Å²) < 4.78 is 5.77. The first-order valence-corrected chi connectivity index (χ1v) is 9.78. The lowest BCUT2D eigenvalue weighted by Crippen LogP contribution is -2.09. The summed E-state index contributed by atoms with van der Waals surface area (Å²) in [5, 5.41) is 16.8. The maximum absolute atomic E-state index is 11.7. The molecule has 0 atom stereocenters. The number of ether oxygens (including phenoxy) is 1. The Morgan fingerprint density at radius 1 is 1.10 bits per heavy atom. The Labute approximate surface area is 168 Å². The average molecular weight is 390 g/mol. The molecule has 0 radical (unpaired) electrons. The molecule has 0 unspecified atom stereocenters. The molecule has 1 aliphatic carbocycles. The lowest BCUT2D eigenvalue weighted by atomic mass is 9.97. The fourth-order valence-corrected chi connectivity index (χ4v) is 3.55. The summed E-state index contributed by atoms with van der Waals surface area (Å²) in [5.41, 5.74) is 1.14. The first-order chi connectivity index (χ1) is 14.2. The van der Waals surface area contributed by atoms with Gasteiger partial charge in [-0.1, -0.05) is 42.0 Å². The molecule has 4 rings (SSSR count). The van der Waals surface area contributed by atoms with Crippen LogP contribution in [0.25, 0.3) is 10.8 Å². The number of nitrogens with zero attached hydrogens (tertiary/aromatic N) is 3. The van der Waals surface area contributed by atoms with Gasteiger partial charge in [-0.05, 0) is 55.0 Å². The van der Waals surface area contributed by atoms with Gasteiger partial charge in [-0.15, -0.1) is 0 Å². The molecule has 0 amide bonds. The largest absolute Gasteiger partial charge is 0.434 e. The van der Waals surface area contributed by atoms with Gasteiger partial charge in [-0.3, -0.25) is 10.1 Å². The third-order valence-corrected chi connectivity index (χ3v) is 5.03. The molecule has 1 heterocycles. The molecule has 0 spiro atoms. The monoisotopic (exact) mass is 390 g/mol. The maximum Gasteiger partial charge on any atom is 0.373 e. The zero-order valence-electron chi connectivity index (χ0n) is 16.0. The van der Waals surface area contributed by atoms with E-state index < -0.39 is 4.92 Å². The minimum atomic E-state index is -0.501. The molecule has 1 aliphatic rings. The van der Waals surface area contributed by atoms with Crippen molar-refractivity contribution in [3.8, 4) is 11.6 Å². The Morgan fingerprint density at radius 3 is 2.76 bits per heavy atom. The van der Waals surface area contributed by atoms with Crippen molar-refractivity contribution >= 4 is 22.3 Å². The Bertz CT molecular complexity index is 1060. The van der Waals surface area contributed by atoms with Gasteiger partial charge in [-0.2, -0.15) is 4.98 Å². The predicted octanol–water partition coefficient (Wildman–Crippen LogP) is 5.63. The quantitative estimate of drug-likeness (QED) is 0.319. The minimum absolute atomic E-state index is 0.0698. The van der Waals surface area contributed by atoms with Crippen molar-refractivity contribution in [2.24, 2.45) is 0 Å². The van der Waals surface area contributed by atoms with E-state index >= 15 is 0 Å². The number of anilines is 1. The van der Waals surface area contributed by atoms with Crippen LogP contribution in [0.3, 0.4) is 0 Å². The molecule has 2 aromatic carbocycles. The molecule has 1 aromatic heterocycles. The number of hydrogen-bond acceptors (Lipinski definition) is 6. The number of fused-ring (bicyclic) bond motifs is 1. The van der Waals surface area contributed by atoms with Gasteiger partial charge >= 0.3 is 11.6 Å². The van der Waals surface area contributed by atoms with E-state index in [-0.39, 0.29) is 17.4 Å². The van der Waals surface area contributed by atoms with E-state index in [9.17, 15) is 10.1 Å². The molecular formula is C22H22N4O3. The summed E-state index contributed by atoms with van der Waals surface area (Å²) in [7, 11) is 0. The molecule has 7 heteroatoms. The standard InChI is InChI=1S/C22H22N4O3/c27-26(28)20-21(23-13-12-16-6-2-1-3-7-16)24-15-25-22(20)29-19-11-10-17-8-4-5-9-18(17)14-19/h4-6,8-11,14-15H,1-3,7,12-13H2,(H,23,24,25). The van der Waals surface area contributed by atoms with Crippen molar-refractivity contribution < 1.29 is 9.66 Å². The molecule has 0 saturated heterocycles. The van der Waals surface area contributed by atoms with Gasteiger partial charge in [0.25, 0.3) is 0 Å². The van der Waals surface area contributed by atoms with E-state index in [1.165, 1.54) is 24.7 Å². The minimum Gasteiger partial charge on any atom is -0.434 e. The van der Waals surface area contributed by atoms with Gasteiger partial charge < -0.3 is 10.1 Å². The third kappa shape index (κ3) is 4.51. The van der Waals surface area contributed by atoms with Crippen LogP contribution in [0.1, 0.15) is 32.1 Å². The highest BCUT2D eigenvalue weighted by atomic mass is 16.6. The lowest BCUT2D eigenvalue weighted by molar-refractivity contribution is -0.385. The van der Waals surface area contributed by atoms with Crippen molar-refractivity contribution in [1.29, 1.82) is 0 Å². The van der Waals surface area contributed by atoms with Crippen molar-refractivity contribution in [2.45, 2.75) is 32.1 Å². The molecule has 3 aromatic rings. The molecule has 0 fully saturated rings. The van der Waals surface area contributed by atoms with Crippen molar-refractivity contribution in [3.05, 3.63) is 70.6 Å². The highest BCUT2D eigenvalue weighted by Crippen LogP contribution is 2.35. The molecule has 29 heavy (non-hydrogen) atoms. The van der Waals surface area contributed by atoms with Crippen LogP contribution in [0.4, 0.5) is 11.5 Å². The first kappa shape index (κ1) is 18.9. The van der Waals surface area contributed by atoms with E-state index in [0.717, 1.165) is 30.0 Å². The number of benzene rings is 2. The summed E-state index contributed by atoms with van der Waals surface area (Å²) in [6.45, 7) is 0.582. The molecule has 148 valence electrons. The van der Waals surface area contributed by atoms with Crippen molar-refractivity contribution in [2.75, 3.05) is 11.9 Å². The lowest BCUT2D eigenvalue weighted by Gasteiger charge is -2.13. The van der Waals surface area contributed by atoms with Crippen LogP contribution in [0.2, 0.25) is 0 Å². The number of aromatic nitrogens is 2. The second-order valence-corrected chi connectivity index (χ2v) is 7.03. The zero-order valence-corrected chi connectivity index (χ0v) is 16.0. The summed E-state index contributed by atoms with van der Waals surface area (Å²) in [6, 6.07) is 13.4. The highest BCUT2D eigenvalue weighted by molar-refractivity contribution is 5.83. The molecule has 0 saturated carbocycles. The van der Waals surface area contributed by atoms with Gasteiger partial charge in [0.1, 0.15) is 12.1 Å². The number of rotatable bonds is 7. The second-order valence-electron chi connectivity index (χ2n) is 7.03. The van der Waals surface area contributed by atoms with E-state index in [1.54, 1.807) is 6.07 Å². The van der Waals surface area contributed by atoms with E-state index in [4.69, 9.17) is 4.74 Å². The molecule has 0 bridgehead atoms. The van der Waals surface area contributed by atoms with Crippen LogP contribution in [-0.2, 0) is 0 Å². The summed E-state index contributed by atoms with van der Waals surface area (Å²) in [4.78, 5) is 19.3. The Hall–Kier alpha value is -3.48. The van der Waals surface area contributed by atoms with Gasteiger partial charge in [0.05, 0.1) is 4.92 Å². The van der Waals surface area contributed by atoms with Gasteiger partial charge in [0, 0.05) is 6.54 Å². The Morgan fingerprint density at radius 2 is 1.97 bits per heavy atom. The highest BCUT2D eigenvalue weighted by Gasteiger charge is 2.25. The van der Waals surface area contributed by atoms with Crippen LogP contribution in [-0.4, -0.2) is 21.4 Å². The normalized spacial score (nSPS) is 13.7. The van der Waals surface area contributed by atoms with Crippen LogP contribution in [0.15, 0.2) is 60.4 Å². The molecule has 7 nitrogen and oxygen atoms in total. The van der Waals surface area contributed by atoms with E-state index in [1.807, 2.05) is 36.4 Å². The van der Waals surface area contributed by atoms with E-state index in [2.05, 4.69) is 21.4 Å². The SMILES string of the molecule is O=[N+]([O-])c1c(NCCC2=CCCCC2)ncnc1Oc1ccc2ccccc2c1. The fourth-order valence-electron chi connectivity index (χ4n) is 3.55. The van der Waals surface area contributed by atoms with Crippen LogP contribution < -0.4 is 10.1 Å². The third-order valence-electron chi connectivity index (χ3n) is 5.03. The molecule has 1 N–H and O–H groups in total. The predicted molar refractivity (Wildman–Crippen MR) is 112 cm³/mol. The topological polar surface area (TPSA) is 90.2 Å². The van der Waals surface area contributed by atoms with Gasteiger partial charge in [0.15, 0.2) is 0 Å². The van der Waals surface area contributed by atoms with Crippen LogP contribution in [0.5, 0.6) is 11.6 Å². The molecular weight excluding hydrogens is 368 g/mol. The summed E-state index contributed by atoms with van der Waals surface area (Å²) >= 11 is 0. The molecule has 0 aliphatic heterocycles. The fraction of sp³-hybridized carbons (Fsp3) is 0.273. The van der Waals surface area contributed by atoms with Crippen molar-refractivity contribution in [3.63, 3.8) is 0 Å². The number of nitro groups is 1. The first-order valence-electron chi connectivity index (χ1n) is 9.78.